The lowest BCUT2D eigenvalue weighted by molar-refractivity contribution is 0.233. The van der Waals surface area contributed by atoms with Crippen LogP contribution in [0.1, 0.15) is 50.7 Å². The third-order valence-corrected chi connectivity index (χ3v) is 5.95. The van der Waals surface area contributed by atoms with Gasteiger partial charge < -0.3 is 10.1 Å². The Morgan fingerprint density at radius 3 is 1.90 bits per heavy atom. The predicted molar refractivity (Wildman–Crippen MR) is 138 cm³/mol. The molecule has 0 aliphatic heterocycles. The first-order valence-electron chi connectivity index (χ1n) is 11.2. The second-order valence-corrected chi connectivity index (χ2v) is 8.80. The molecule has 0 aliphatic carbocycles. The molecule has 1 atom stereocenters. The van der Waals surface area contributed by atoms with Gasteiger partial charge in [-0.3, -0.25) is 0 Å². The highest BCUT2D eigenvalue weighted by molar-refractivity contribution is 9.10. The summed E-state index contributed by atoms with van der Waals surface area (Å²) in [5.41, 5.74) is 4.48. The van der Waals surface area contributed by atoms with Gasteiger partial charge in [0.05, 0.1) is 6.61 Å². The monoisotopic (exact) mass is 477 g/mol. The number of halogens is 1. The Bertz CT molecular complexity index is 930. The largest absolute Gasteiger partial charge is 0.493 e. The van der Waals surface area contributed by atoms with Gasteiger partial charge in [-0.1, -0.05) is 85.5 Å². The van der Waals surface area contributed by atoms with Gasteiger partial charge >= 0.3 is 0 Å². The topological polar surface area (TPSA) is 21.3 Å². The Kier molecular flexibility index (Phi) is 9.23. The van der Waals surface area contributed by atoms with Crippen LogP contribution in [0.5, 0.6) is 5.75 Å². The Morgan fingerprint density at radius 2 is 1.35 bits per heavy atom. The molecule has 0 saturated carbocycles. The lowest BCUT2D eigenvalue weighted by Crippen LogP contribution is -2.11. The summed E-state index contributed by atoms with van der Waals surface area (Å²) in [6, 6.07) is 25.0. The van der Waals surface area contributed by atoms with E-state index in [1.54, 1.807) is 0 Å². The molecule has 1 N–H and O–H groups in total. The first-order chi connectivity index (χ1) is 15.2. The SMILES string of the molecule is CCCCC(CC)COc1ccc(Nc2ccc(C=Cc3ccc(Br)cc3)cc2)cc1. The fourth-order valence-electron chi connectivity index (χ4n) is 3.36. The summed E-state index contributed by atoms with van der Waals surface area (Å²) in [5, 5.41) is 3.46. The van der Waals surface area contributed by atoms with E-state index in [1.165, 1.54) is 36.8 Å². The maximum Gasteiger partial charge on any atom is 0.119 e. The predicted octanol–water partition coefficient (Wildman–Crippen LogP) is 8.96. The highest BCUT2D eigenvalue weighted by atomic mass is 79.9. The molecule has 0 aliphatic rings. The summed E-state index contributed by atoms with van der Waals surface area (Å²) in [7, 11) is 0. The highest BCUT2D eigenvalue weighted by Crippen LogP contribution is 2.22. The van der Waals surface area contributed by atoms with Crippen molar-refractivity contribution in [3.63, 3.8) is 0 Å². The number of hydrogen-bond donors (Lipinski definition) is 1. The zero-order chi connectivity index (χ0) is 21.9. The molecule has 3 aromatic carbocycles. The molecule has 162 valence electrons. The van der Waals surface area contributed by atoms with E-state index in [1.807, 2.05) is 12.1 Å². The van der Waals surface area contributed by atoms with Gasteiger partial charge in [-0.2, -0.15) is 0 Å². The highest BCUT2D eigenvalue weighted by Gasteiger charge is 2.07. The minimum atomic E-state index is 0.647. The Morgan fingerprint density at radius 1 is 0.806 bits per heavy atom. The first-order valence-corrected chi connectivity index (χ1v) is 12.0. The van der Waals surface area contributed by atoms with Gasteiger partial charge in [0.25, 0.3) is 0 Å². The molecule has 2 nitrogen and oxygen atoms in total. The second kappa shape index (κ2) is 12.4. The molecular formula is C28H32BrNO. The van der Waals surface area contributed by atoms with E-state index in [9.17, 15) is 0 Å². The average molecular weight is 478 g/mol. The van der Waals surface area contributed by atoms with Crippen molar-refractivity contribution in [2.75, 3.05) is 11.9 Å². The lowest BCUT2D eigenvalue weighted by atomic mass is 10.0. The Balaban J connectivity index is 1.51. The van der Waals surface area contributed by atoms with Gasteiger partial charge in [0.2, 0.25) is 0 Å². The van der Waals surface area contributed by atoms with E-state index >= 15 is 0 Å². The van der Waals surface area contributed by atoms with Crippen LogP contribution in [0.3, 0.4) is 0 Å². The third kappa shape index (κ3) is 7.91. The summed E-state index contributed by atoms with van der Waals surface area (Å²) >= 11 is 3.47. The fourth-order valence-corrected chi connectivity index (χ4v) is 3.62. The molecule has 0 spiro atoms. The van der Waals surface area contributed by atoms with Crippen LogP contribution in [0.15, 0.2) is 77.3 Å². The summed E-state index contributed by atoms with van der Waals surface area (Å²) in [5.74, 6) is 1.59. The zero-order valence-electron chi connectivity index (χ0n) is 18.5. The van der Waals surface area contributed by atoms with Gasteiger partial charge in [0.15, 0.2) is 0 Å². The third-order valence-electron chi connectivity index (χ3n) is 5.42. The van der Waals surface area contributed by atoms with Crippen molar-refractivity contribution in [3.05, 3.63) is 88.4 Å². The van der Waals surface area contributed by atoms with Crippen LogP contribution in [-0.2, 0) is 0 Å². The van der Waals surface area contributed by atoms with Crippen LogP contribution >= 0.6 is 15.9 Å². The Labute approximate surface area is 195 Å². The summed E-state index contributed by atoms with van der Waals surface area (Å²) in [6.45, 7) is 5.30. The number of benzene rings is 3. The minimum absolute atomic E-state index is 0.647. The minimum Gasteiger partial charge on any atom is -0.493 e. The van der Waals surface area contributed by atoms with Gasteiger partial charge in [0, 0.05) is 15.8 Å². The van der Waals surface area contributed by atoms with Crippen LogP contribution in [-0.4, -0.2) is 6.61 Å². The quantitative estimate of drug-likeness (QED) is 0.278. The molecular weight excluding hydrogens is 446 g/mol. The van der Waals surface area contributed by atoms with Gasteiger partial charge in [0.1, 0.15) is 5.75 Å². The summed E-state index contributed by atoms with van der Waals surface area (Å²) in [4.78, 5) is 0. The van der Waals surface area contributed by atoms with Crippen molar-refractivity contribution < 1.29 is 4.74 Å². The number of hydrogen-bond acceptors (Lipinski definition) is 2. The number of anilines is 2. The average Bonchev–Trinajstić information content (AvgIpc) is 2.81. The molecule has 0 amide bonds. The molecule has 0 aromatic heterocycles. The molecule has 0 fully saturated rings. The van der Waals surface area contributed by atoms with Crippen molar-refractivity contribution >= 4 is 39.5 Å². The second-order valence-electron chi connectivity index (χ2n) is 7.88. The van der Waals surface area contributed by atoms with Crippen LogP contribution in [0, 0.1) is 5.92 Å². The normalized spacial score (nSPS) is 12.1. The molecule has 3 rings (SSSR count). The maximum atomic E-state index is 6.01. The van der Waals surface area contributed by atoms with Crippen LogP contribution in [0.25, 0.3) is 12.2 Å². The standard InChI is InChI=1S/C28H32BrNO/c1-3-5-6-22(4-2)21-31-28-19-17-27(18-20-28)30-26-15-11-24(12-16-26)8-7-23-9-13-25(29)14-10-23/h7-20,22,30H,3-6,21H2,1-2H3. The molecule has 1 unspecified atom stereocenters. The van der Waals surface area contributed by atoms with Crippen molar-refractivity contribution in [3.8, 4) is 5.75 Å². The number of unbranched alkanes of at least 4 members (excludes halogenated alkanes) is 1. The molecule has 0 bridgehead atoms. The molecule has 0 heterocycles. The fraction of sp³-hybridized carbons (Fsp3) is 0.286. The van der Waals surface area contributed by atoms with Crippen molar-refractivity contribution in [1.82, 2.24) is 0 Å². The molecule has 0 radical (unpaired) electrons. The van der Waals surface area contributed by atoms with E-state index in [0.717, 1.165) is 28.2 Å². The number of rotatable bonds is 11. The first kappa shape index (κ1) is 23.1. The van der Waals surface area contributed by atoms with Crippen molar-refractivity contribution in [2.24, 2.45) is 5.92 Å². The van der Waals surface area contributed by atoms with Gasteiger partial charge in [-0.15, -0.1) is 0 Å². The van der Waals surface area contributed by atoms with Crippen LogP contribution < -0.4 is 10.1 Å². The molecule has 0 saturated heterocycles. The van der Waals surface area contributed by atoms with Crippen LogP contribution in [0.2, 0.25) is 0 Å². The zero-order valence-corrected chi connectivity index (χ0v) is 20.1. The molecule has 31 heavy (non-hydrogen) atoms. The maximum absolute atomic E-state index is 6.01. The van der Waals surface area contributed by atoms with Crippen molar-refractivity contribution in [1.29, 1.82) is 0 Å². The molecule has 3 heteroatoms. The van der Waals surface area contributed by atoms with Gasteiger partial charge in [-0.05, 0) is 72.0 Å². The summed E-state index contributed by atoms with van der Waals surface area (Å²) < 4.78 is 7.10. The number of nitrogens with one attached hydrogen (secondary N) is 1. The van der Waals surface area contributed by atoms with Gasteiger partial charge in [-0.25, -0.2) is 0 Å². The van der Waals surface area contributed by atoms with Crippen LogP contribution in [0.4, 0.5) is 11.4 Å². The number of ether oxygens (including phenoxy) is 1. The lowest BCUT2D eigenvalue weighted by Gasteiger charge is -2.16. The van der Waals surface area contributed by atoms with E-state index in [2.05, 4.69) is 108 Å². The van der Waals surface area contributed by atoms with E-state index in [4.69, 9.17) is 4.74 Å². The summed E-state index contributed by atoms with van der Waals surface area (Å²) in [6.07, 6.45) is 9.21. The smallest absolute Gasteiger partial charge is 0.119 e. The molecule has 3 aromatic rings. The van der Waals surface area contributed by atoms with E-state index < -0.39 is 0 Å². The Hall–Kier alpha value is -2.52. The van der Waals surface area contributed by atoms with E-state index in [-0.39, 0.29) is 0 Å². The van der Waals surface area contributed by atoms with Crippen molar-refractivity contribution in [2.45, 2.75) is 39.5 Å². The van der Waals surface area contributed by atoms with E-state index in [0.29, 0.717) is 5.92 Å².